The van der Waals surface area contributed by atoms with E-state index in [1.807, 2.05) is 13.0 Å². The van der Waals surface area contributed by atoms with Crippen molar-refractivity contribution in [2.24, 2.45) is 0 Å². The minimum atomic E-state index is -0.610. The van der Waals surface area contributed by atoms with Crippen molar-refractivity contribution < 1.29 is 19.3 Å². The number of morpholine rings is 1. The summed E-state index contributed by atoms with van der Waals surface area (Å²) < 4.78 is 17.4. The van der Waals surface area contributed by atoms with Crippen LogP contribution in [0.5, 0.6) is 11.5 Å². The van der Waals surface area contributed by atoms with Crippen LogP contribution in [0.15, 0.2) is 18.2 Å². The molecule has 8 nitrogen and oxygen atoms in total. The van der Waals surface area contributed by atoms with Gasteiger partial charge in [0.1, 0.15) is 6.61 Å². The number of piperazine rings is 1. The van der Waals surface area contributed by atoms with Crippen LogP contribution < -0.4 is 9.47 Å². The largest absolute Gasteiger partial charge is 0.490 e. The lowest BCUT2D eigenvalue weighted by Crippen LogP contribution is -2.51. The molecule has 3 aliphatic rings. The number of hydrogen-bond donors (Lipinski definition) is 1. The topological polar surface area (TPSA) is 60.9 Å². The molecule has 8 heteroatoms. The van der Waals surface area contributed by atoms with Crippen LogP contribution in [-0.4, -0.2) is 129 Å². The predicted molar refractivity (Wildman–Crippen MR) is 129 cm³/mol. The smallest absolute Gasteiger partial charge is 0.161 e. The lowest BCUT2D eigenvalue weighted by molar-refractivity contribution is -0.000374. The maximum Gasteiger partial charge on any atom is 0.161 e. The monoisotopic (exact) mass is 462 g/mol. The first kappa shape index (κ1) is 24.7. The van der Waals surface area contributed by atoms with Gasteiger partial charge in [-0.2, -0.15) is 0 Å². The Kier molecular flexibility index (Phi) is 8.85. The molecule has 0 amide bonds. The molecule has 0 spiro atoms. The highest BCUT2D eigenvalue weighted by Gasteiger charge is 2.37. The van der Waals surface area contributed by atoms with Gasteiger partial charge < -0.3 is 24.2 Å². The molecule has 33 heavy (non-hydrogen) atoms. The third-order valence-corrected chi connectivity index (χ3v) is 7.01. The molecule has 3 heterocycles. The molecule has 1 atom stereocenters. The van der Waals surface area contributed by atoms with Crippen molar-refractivity contribution in [2.45, 2.75) is 25.5 Å². The van der Waals surface area contributed by atoms with Crippen molar-refractivity contribution in [1.82, 2.24) is 19.6 Å². The van der Waals surface area contributed by atoms with Gasteiger partial charge in [-0.25, -0.2) is 0 Å². The van der Waals surface area contributed by atoms with Crippen LogP contribution in [0.4, 0.5) is 0 Å². The standard InChI is InChI=1S/C25H42N4O4/c1-3-32-24-18-22(4-5-23(24)33-17-14-27-12-15-31-16-13-27)19-29-7-6-25(30,21-29)20-28-10-8-26(2)9-11-28/h4-5,18,30H,3,6-17,19-21H2,1-2H3. The predicted octanol–water partition coefficient (Wildman–Crippen LogP) is 0.981. The molecular weight excluding hydrogens is 420 g/mol. The average Bonchev–Trinajstić information content (AvgIpc) is 3.17. The second kappa shape index (κ2) is 11.8. The highest BCUT2D eigenvalue weighted by Crippen LogP contribution is 2.31. The highest BCUT2D eigenvalue weighted by atomic mass is 16.5. The molecule has 0 bridgehead atoms. The van der Waals surface area contributed by atoms with E-state index in [2.05, 4.69) is 38.8 Å². The molecule has 1 unspecified atom stereocenters. The Bertz CT molecular complexity index is 737. The maximum absolute atomic E-state index is 11.2. The second-order valence-electron chi connectivity index (χ2n) is 9.78. The van der Waals surface area contributed by atoms with Crippen LogP contribution in [-0.2, 0) is 11.3 Å². The minimum absolute atomic E-state index is 0.609. The van der Waals surface area contributed by atoms with Crippen LogP contribution in [0, 0.1) is 0 Å². The zero-order valence-electron chi connectivity index (χ0n) is 20.5. The number of nitrogens with zero attached hydrogens (tertiary/aromatic N) is 4. The summed E-state index contributed by atoms with van der Waals surface area (Å²) >= 11 is 0. The lowest BCUT2D eigenvalue weighted by atomic mass is 10.0. The third-order valence-electron chi connectivity index (χ3n) is 7.01. The van der Waals surface area contributed by atoms with Crippen molar-refractivity contribution in [2.75, 3.05) is 98.9 Å². The maximum atomic E-state index is 11.2. The Morgan fingerprint density at radius 3 is 2.48 bits per heavy atom. The van der Waals surface area contributed by atoms with E-state index in [4.69, 9.17) is 14.2 Å². The van der Waals surface area contributed by atoms with Crippen molar-refractivity contribution in [1.29, 1.82) is 0 Å². The van der Waals surface area contributed by atoms with Gasteiger partial charge in [-0.3, -0.25) is 14.7 Å². The Morgan fingerprint density at radius 1 is 0.939 bits per heavy atom. The molecule has 3 fully saturated rings. The van der Waals surface area contributed by atoms with Gasteiger partial charge in [-0.05, 0) is 38.1 Å². The quantitative estimate of drug-likeness (QED) is 0.552. The molecular formula is C25H42N4O4. The number of hydrogen-bond acceptors (Lipinski definition) is 8. The molecule has 1 aromatic rings. The summed E-state index contributed by atoms with van der Waals surface area (Å²) in [6, 6.07) is 6.27. The van der Waals surface area contributed by atoms with E-state index < -0.39 is 5.60 Å². The van der Waals surface area contributed by atoms with Gasteiger partial charge in [-0.15, -0.1) is 0 Å². The minimum Gasteiger partial charge on any atom is -0.490 e. The summed E-state index contributed by atoms with van der Waals surface area (Å²) in [5, 5.41) is 11.2. The first-order valence-electron chi connectivity index (χ1n) is 12.6. The molecule has 4 rings (SSSR count). The summed E-state index contributed by atoms with van der Waals surface area (Å²) in [4.78, 5) is 9.50. The molecule has 1 N–H and O–H groups in total. The Labute approximate surface area is 199 Å². The van der Waals surface area contributed by atoms with Gasteiger partial charge in [0.2, 0.25) is 0 Å². The summed E-state index contributed by atoms with van der Waals surface area (Å²) in [6.07, 6.45) is 0.834. The van der Waals surface area contributed by atoms with Crippen molar-refractivity contribution in [3.8, 4) is 11.5 Å². The Hall–Kier alpha value is -1.42. The molecule has 1 aromatic carbocycles. The Morgan fingerprint density at radius 2 is 1.73 bits per heavy atom. The highest BCUT2D eigenvalue weighted by molar-refractivity contribution is 5.43. The molecule has 0 radical (unpaired) electrons. The SMILES string of the molecule is CCOc1cc(CN2CCC(O)(CN3CCN(C)CC3)C2)ccc1OCCN1CCOCC1. The van der Waals surface area contributed by atoms with Crippen LogP contribution >= 0.6 is 0 Å². The summed E-state index contributed by atoms with van der Waals surface area (Å²) in [6.45, 7) is 15.2. The fraction of sp³-hybridized carbons (Fsp3) is 0.760. The van der Waals surface area contributed by atoms with E-state index in [0.29, 0.717) is 13.2 Å². The van der Waals surface area contributed by atoms with E-state index in [9.17, 15) is 5.11 Å². The number of benzene rings is 1. The van der Waals surface area contributed by atoms with E-state index in [1.165, 1.54) is 5.56 Å². The van der Waals surface area contributed by atoms with Crippen LogP contribution in [0.2, 0.25) is 0 Å². The zero-order chi connectivity index (χ0) is 23.1. The normalized spacial score (nSPS) is 26.0. The van der Waals surface area contributed by atoms with E-state index in [-0.39, 0.29) is 0 Å². The van der Waals surface area contributed by atoms with E-state index in [0.717, 1.165) is 103 Å². The molecule has 3 saturated heterocycles. The molecule has 3 aliphatic heterocycles. The summed E-state index contributed by atoms with van der Waals surface area (Å²) in [5.74, 6) is 1.62. The average molecular weight is 463 g/mol. The summed E-state index contributed by atoms with van der Waals surface area (Å²) in [5.41, 5.74) is 0.587. The molecule has 186 valence electrons. The number of β-amino-alcohol motifs (C(OH)–C–C–N with tert-alkyl or cyclic N) is 1. The van der Waals surface area contributed by atoms with Crippen molar-refractivity contribution in [3.63, 3.8) is 0 Å². The fourth-order valence-corrected chi connectivity index (χ4v) is 5.03. The van der Waals surface area contributed by atoms with E-state index >= 15 is 0 Å². The second-order valence-corrected chi connectivity index (χ2v) is 9.78. The van der Waals surface area contributed by atoms with Crippen LogP contribution in [0.25, 0.3) is 0 Å². The molecule has 0 saturated carbocycles. The van der Waals surface area contributed by atoms with E-state index in [1.54, 1.807) is 0 Å². The van der Waals surface area contributed by atoms with Gasteiger partial charge in [0.05, 0.1) is 25.4 Å². The summed E-state index contributed by atoms with van der Waals surface area (Å²) in [7, 11) is 2.17. The van der Waals surface area contributed by atoms with Crippen LogP contribution in [0.3, 0.4) is 0 Å². The first-order chi connectivity index (χ1) is 16.0. The van der Waals surface area contributed by atoms with Gasteiger partial charge >= 0.3 is 0 Å². The fourth-order valence-electron chi connectivity index (χ4n) is 5.03. The number of ether oxygens (including phenoxy) is 3. The van der Waals surface area contributed by atoms with Gasteiger partial charge in [0, 0.05) is 72.0 Å². The number of aliphatic hydroxyl groups is 1. The lowest BCUT2D eigenvalue weighted by Gasteiger charge is -2.37. The zero-order valence-corrected chi connectivity index (χ0v) is 20.5. The molecule has 0 aliphatic carbocycles. The Balaban J connectivity index is 1.28. The van der Waals surface area contributed by atoms with Crippen molar-refractivity contribution in [3.05, 3.63) is 23.8 Å². The number of likely N-dealkylation sites (N-methyl/N-ethyl adjacent to an activating group) is 1. The number of rotatable bonds is 10. The van der Waals surface area contributed by atoms with Gasteiger partial charge in [0.15, 0.2) is 11.5 Å². The van der Waals surface area contributed by atoms with Gasteiger partial charge in [0.25, 0.3) is 0 Å². The first-order valence-corrected chi connectivity index (χ1v) is 12.6. The van der Waals surface area contributed by atoms with Crippen LogP contribution in [0.1, 0.15) is 18.9 Å². The third kappa shape index (κ3) is 7.28. The van der Waals surface area contributed by atoms with Crippen molar-refractivity contribution >= 4 is 0 Å². The number of likely N-dealkylation sites (tertiary alicyclic amines) is 1. The molecule has 0 aromatic heterocycles. The van der Waals surface area contributed by atoms with Gasteiger partial charge in [-0.1, -0.05) is 6.07 Å².